The molecule has 0 aliphatic heterocycles. The molecule has 2 rings (SSSR count). The van der Waals surface area contributed by atoms with E-state index >= 15 is 0 Å². The topological polar surface area (TPSA) is 45.7 Å². The molecule has 0 atom stereocenters. The third kappa shape index (κ3) is 5.41. The van der Waals surface area contributed by atoms with Crippen LogP contribution in [0.5, 0.6) is 5.75 Å². The second kappa shape index (κ2) is 9.10. The molecular weight excluding hydrogens is 294 g/mol. The Labute approximate surface area is 136 Å². The minimum Gasteiger partial charge on any atom is -0.497 e. The molecule has 0 bridgehead atoms. The van der Waals surface area contributed by atoms with Gasteiger partial charge in [-0.15, -0.1) is 0 Å². The molecule has 2 aromatic rings. The second-order valence-corrected chi connectivity index (χ2v) is 5.63. The lowest BCUT2D eigenvalue weighted by Gasteiger charge is -2.11. The molecule has 1 aromatic carbocycles. The number of guanidine groups is 1. The maximum atomic E-state index is 5.17. The van der Waals surface area contributed by atoms with Crippen molar-refractivity contribution in [3.05, 3.63) is 52.2 Å². The minimum absolute atomic E-state index is 0.710. The first-order chi connectivity index (χ1) is 10.8. The number of ether oxygens (including phenoxy) is 1. The number of nitrogens with one attached hydrogen (secondary N) is 2. The largest absolute Gasteiger partial charge is 0.497 e. The lowest BCUT2D eigenvalue weighted by molar-refractivity contribution is 0.414. The highest BCUT2D eigenvalue weighted by Crippen LogP contribution is 2.11. The number of benzene rings is 1. The van der Waals surface area contributed by atoms with Crippen LogP contribution in [0.15, 0.2) is 46.1 Å². The number of aliphatic imine (C=N–C) groups is 1. The number of thiophene rings is 1. The Morgan fingerprint density at radius 1 is 1.14 bits per heavy atom. The van der Waals surface area contributed by atoms with Gasteiger partial charge < -0.3 is 15.4 Å². The molecule has 5 heteroatoms. The van der Waals surface area contributed by atoms with Crippen molar-refractivity contribution in [3.8, 4) is 5.75 Å². The van der Waals surface area contributed by atoms with Crippen LogP contribution in [-0.4, -0.2) is 26.2 Å². The van der Waals surface area contributed by atoms with Gasteiger partial charge in [0.05, 0.1) is 13.7 Å². The summed E-state index contributed by atoms with van der Waals surface area (Å²) in [5.41, 5.74) is 2.53. The van der Waals surface area contributed by atoms with Gasteiger partial charge in [0.25, 0.3) is 0 Å². The molecule has 1 aromatic heterocycles. The van der Waals surface area contributed by atoms with E-state index in [0.29, 0.717) is 6.54 Å². The molecular formula is C17H23N3OS. The zero-order valence-electron chi connectivity index (χ0n) is 13.1. The third-order valence-corrected chi connectivity index (χ3v) is 3.94. The van der Waals surface area contributed by atoms with Crippen LogP contribution in [0.1, 0.15) is 18.1 Å². The van der Waals surface area contributed by atoms with Crippen LogP contribution < -0.4 is 15.4 Å². The summed E-state index contributed by atoms with van der Waals surface area (Å²) in [7, 11) is 1.68. The van der Waals surface area contributed by atoms with Gasteiger partial charge >= 0.3 is 0 Å². The Balaban J connectivity index is 1.81. The van der Waals surface area contributed by atoms with Gasteiger partial charge in [-0.1, -0.05) is 12.1 Å². The van der Waals surface area contributed by atoms with E-state index in [2.05, 4.69) is 51.5 Å². The van der Waals surface area contributed by atoms with Crippen LogP contribution in [0.4, 0.5) is 0 Å². The van der Waals surface area contributed by atoms with Gasteiger partial charge in [-0.2, -0.15) is 11.3 Å². The van der Waals surface area contributed by atoms with Crippen molar-refractivity contribution in [1.29, 1.82) is 0 Å². The summed E-state index contributed by atoms with van der Waals surface area (Å²) in [4.78, 5) is 4.60. The Kier molecular flexibility index (Phi) is 6.77. The molecule has 0 aliphatic rings. The monoisotopic (exact) mass is 317 g/mol. The zero-order chi connectivity index (χ0) is 15.6. The van der Waals surface area contributed by atoms with Crippen LogP contribution in [0.25, 0.3) is 0 Å². The summed E-state index contributed by atoms with van der Waals surface area (Å²) in [5.74, 6) is 1.75. The molecule has 2 N–H and O–H groups in total. The number of methoxy groups -OCH3 is 1. The minimum atomic E-state index is 0.710. The lowest BCUT2D eigenvalue weighted by atomic mass is 10.1. The number of hydrogen-bond donors (Lipinski definition) is 2. The second-order valence-electron chi connectivity index (χ2n) is 4.85. The van der Waals surface area contributed by atoms with E-state index in [0.717, 1.165) is 31.2 Å². The van der Waals surface area contributed by atoms with Crippen molar-refractivity contribution in [3.63, 3.8) is 0 Å². The van der Waals surface area contributed by atoms with Gasteiger partial charge in [0, 0.05) is 13.1 Å². The Morgan fingerprint density at radius 3 is 2.59 bits per heavy atom. The van der Waals surface area contributed by atoms with Crippen LogP contribution in [0.3, 0.4) is 0 Å². The first-order valence-electron chi connectivity index (χ1n) is 7.48. The molecule has 118 valence electrons. The maximum absolute atomic E-state index is 5.17. The predicted octanol–water partition coefficient (Wildman–Crippen LogP) is 3.05. The molecule has 0 saturated heterocycles. The smallest absolute Gasteiger partial charge is 0.191 e. The fraction of sp³-hybridized carbons (Fsp3) is 0.353. The average molecular weight is 317 g/mol. The lowest BCUT2D eigenvalue weighted by Crippen LogP contribution is -2.38. The summed E-state index contributed by atoms with van der Waals surface area (Å²) in [6.07, 6.45) is 0.951. The van der Waals surface area contributed by atoms with Gasteiger partial charge in [0.1, 0.15) is 5.75 Å². The number of rotatable bonds is 7. The SMILES string of the molecule is CCNC(=NCc1ccsc1)NCCc1ccc(OC)cc1. The summed E-state index contributed by atoms with van der Waals surface area (Å²) in [6.45, 7) is 4.49. The van der Waals surface area contributed by atoms with Crippen molar-refractivity contribution in [2.24, 2.45) is 4.99 Å². The van der Waals surface area contributed by atoms with Gasteiger partial charge in [-0.05, 0) is 53.4 Å². The highest BCUT2D eigenvalue weighted by molar-refractivity contribution is 7.07. The van der Waals surface area contributed by atoms with Gasteiger partial charge in [0.15, 0.2) is 5.96 Å². The molecule has 0 aliphatic carbocycles. The summed E-state index contributed by atoms with van der Waals surface area (Å²) in [5, 5.41) is 10.9. The van der Waals surface area contributed by atoms with Crippen molar-refractivity contribution in [1.82, 2.24) is 10.6 Å². The number of nitrogens with zero attached hydrogens (tertiary/aromatic N) is 1. The van der Waals surface area contributed by atoms with E-state index in [9.17, 15) is 0 Å². The average Bonchev–Trinajstić information content (AvgIpc) is 3.06. The van der Waals surface area contributed by atoms with Gasteiger partial charge in [-0.3, -0.25) is 0 Å². The Morgan fingerprint density at radius 2 is 1.95 bits per heavy atom. The van der Waals surface area contributed by atoms with E-state index in [1.54, 1.807) is 18.4 Å². The van der Waals surface area contributed by atoms with E-state index in [1.807, 2.05) is 12.1 Å². The predicted molar refractivity (Wildman–Crippen MR) is 93.8 cm³/mol. The highest BCUT2D eigenvalue weighted by Gasteiger charge is 1.99. The zero-order valence-corrected chi connectivity index (χ0v) is 14.0. The summed E-state index contributed by atoms with van der Waals surface area (Å²) >= 11 is 1.70. The molecule has 0 saturated carbocycles. The van der Waals surface area contributed by atoms with Crippen molar-refractivity contribution in [2.45, 2.75) is 19.9 Å². The quantitative estimate of drug-likeness (QED) is 0.609. The molecule has 22 heavy (non-hydrogen) atoms. The van der Waals surface area contributed by atoms with Crippen molar-refractivity contribution >= 4 is 17.3 Å². The summed E-state index contributed by atoms with van der Waals surface area (Å²) < 4.78 is 5.17. The molecule has 4 nitrogen and oxygen atoms in total. The molecule has 0 unspecified atom stereocenters. The molecule has 0 fully saturated rings. The highest BCUT2D eigenvalue weighted by atomic mass is 32.1. The van der Waals surface area contributed by atoms with E-state index < -0.39 is 0 Å². The summed E-state index contributed by atoms with van der Waals surface area (Å²) in [6, 6.07) is 10.3. The first-order valence-corrected chi connectivity index (χ1v) is 8.42. The van der Waals surface area contributed by atoms with Crippen molar-refractivity contribution < 1.29 is 4.74 Å². The van der Waals surface area contributed by atoms with E-state index in [1.165, 1.54) is 11.1 Å². The standard InChI is InChI=1S/C17H23N3OS/c1-3-18-17(20-12-15-9-11-22-13-15)19-10-8-14-4-6-16(21-2)7-5-14/h4-7,9,11,13H,3,8,10,12H2,1-2H3,(H2,18,19,20). The van der Waals surface area contributed by atoms with Crippen LogP contribution >= 0.6 is 11.3 Å². The van der Waals surface area contributed by atoms with Gasteiger partial charge in [0.2, 0.25) is 0 Å². The first kappa shape index (κ1) is 16.4. The maximum Gasteiger partial charge on any atom is 0.191 e. The molecule has 1 heterocycles. The Hall–Kier alpha value is -2.01. The molecule has 0 spiro atoms. The third-order valence-electron chi connectivity index (χ3n) is 3.21. The molecule has 0 radical (unpaired) electrons. The number of hydrogen-bond acceptors (Lipinski definition) is 3. The van der Waals surface area contributed by atoms with Gasteiger partial charge in [-0.25, -0.2) is 4.99 Å². The Bertz CT molecular complexity index is 564. The fourth-order valence-electron chi connectivity index (χ4n) is 2.01. The van der Waals surface area contributed by atoms with Crippen LogP contribution in [0.2, 0.25) is 0 Å². The normalized spacial score (nSPS) is 11.3. The van der Waals surface area contributed by atoms with Crippen LogP contribution in [0, 0.1) is 0 Å². The van der Waals surface area contributed by atoms with E-state index in [-0.39, 0.29) is 0 Å². The van der Waals surface area contributed by atoms with E-state index in [4.69, 9.17) is 4.74 Å². The van der Waals surface area contributed by atoms with Crippen LogP contribution in [-0.2, 0) is 13.0 Å². The molecule has 0 amide bonds. The van der Waals surface area contributed by atoms with Crippen molar-refractivity contribution in [2.75, 3.05) is 20.2 Å². The fourth-order valence-corrected chi connectivity index (χ4v) is 2.67.